The summed E-state index contributed by atoms with van der Waals surface area (Å²) in [5.74, 6) is 2.96. The Morgan fingerprint density at radius 3 is 2.57 bits per heavy atom. The molecule has 0 saturated carbocycles. The Kier molecular flexibility index (Phi) is 6.37. The molecule has 2 fully saturated rings. The highest BCUT2D eigenvalue weighted by Crippen LogP contribution is 2.22. The van der Waals surface area contributed by atoms with Crippen LogP contribution in [0.2, 0.25) is 0 Å². The number of ether oxygens (including phenoxy) is 1. The number of piperidine rings is 2. The van der Waals surface area contributed by atoms with Gasteiger partial charge < -0.3 is 9.64 Å². The highest BCUT2D eigenvalue weighted by molar-refractivity contribution is 5.30. The molecule has 150 valence electrons. The quantitative estimate of drug-likeness (QED) is 0.764. The molecule has 1 atom stereocenters. The van der Waals surface area contributed by atoms with Crippen molar-refractivity contribution in [1.29, 1.82) is 0 Å². The van der Waals surface area contributed by atoms with Crippen LogP contribution in [0.4, 0.5) is 5.95 Å². The van der Waals surface area contributed by atoms with Crippen LogP contribution in [0, 0.1) is 11.8 Å². The van der Waals surface area contributed by atoms with Gasteiger partial charge in [0.2, 0.25) is 11.8 Å². The molecule has 2 saturated heterocycles. The van der Waals surface area contributed by atoms with Crippen molar-refractivity contribution < 1.29 is 4.74 Å². The lowest BCUT2D eigenvalue weighted by Gasteiger charge is -2.32. The second-order valence-electron chi connectivity index (χ2n) is 8.28. The number of aromatic nitrogens is 3. The summed E-state index contributed by atoms with van der Waals surface area (Å²) in [4.78, 5) is 18.3. The third-order valence-electron chi connectivity index (χ3n) is 5.85. The van der Waals surface area contributed by atoms with Gasteiger partial charge in [0.1, 0.15) is 0 Å². The van der Waals surface area contributed by atoms with Gasteiger partial charge >= 0.3 is 0 Å². The van der Waals surface area contributed by atoms with Gasteiger partial charge in [0.15, 0.2) is 0 Å². The molecule has 4 heterocycles. The van der Waals surface area contributed by atoms with Crippen molar-refractivity contribution in [2.24, 2.45) is 11.8 Å². The molecule has 0 aromatic carbocycles. The summed E-state index contributed by atoms with van der Waals surface area (Å²) in [6, 6.07) is 5.79. The van der Waals surface area contributed by atoms with Gasteiger partial charge in [-0.25, -0.2) is 15.0 Å². The van der Waals surface area contributed by atoms with Crippen LogP contribution in [0.5, 0.6) is 5.88 Å². The van der Waals surface area contributed by atoms with E-state index >= 15 is 0 Å². The predicted octanol–water partition coefficient (Wildman–Crippen LogP) is 3.40. The average molecular weight is 382 g/mol. The second-order valence-corrected chi connectivity index (χ2v) is 8.28. The lowest BCUT2D eigenvalue weighted by atomic mass is 9.97. The Labute approximate surface area is 168 Å². The predicted molar refractivity (Wildman–Crippen MR) is 110 cm³/mol. The van der Waals surface area contributed by atoms with Gasteiger partial charge in [-0.2, -0.15) is 0 Å². The maximum absolute atomic E-state index is 5.82. The van der Waals surface area contributed by atoms with Gasteiger partial charge in [-0.3, -0.25) is 4.90 Å². The van der Waals surface area contributed by atoms with E-state index in [-0.39, 0.29) is 0 Å². The second kappa shape index (κ2) is 9.32. The third-order valence-corrected chi connectivity index (χ3v) is 5.85. The molecular formula is C22H31N5O. The van der Waals surface area contributed by atoms with Gasteiger partial charge in [0.05, 0.1) is 6.61 Å². The van der Waals surface area contributed by atoms with Crippen LogP contribution in [0.3, 0.4) is 0 Å². The summed E-state index contributed by atoms with van der Waals surface area (Å²) in [6.45, 7) is 8.36. The van der Waals surface area contributed by atoms with E-state index in [0.717, 1.165) is 69.9 Å². The number of nitrogens with zero attached hydrogens (tertiary/aromatic N) is 5. The molecule has 2 aliphatic rings. The summed E-state index contributed by atoms with van der Waals surface area (Å²) in [6.07, 6.45) is 10.7. The zero-order chi connectivity index (χ0) is 19.2. The summed E-state index contributed by atoms with van der Waals surface area (Å²) in [5.41, 5.74) is 1.21. The van der Waals surface area contributed by atoms with Crippen molar-refractivity contribution in [1.82, 2.24) is 19.9 Å². The van der Waals surface area contributed by atoms with Crippen LogP contribution < -0.4 is 9.64 Å². The maximum atomic E-state index is 5.82. The van der Waals surface area contributed by atoms with Gasteiger partial charge in [0, 0.05) is 49.9 Å². The van der Waals surface area contributed by atoms with Crippen molar-refractivity contribution in [3.05, 3.63) is 42.4 Å². The van der Waals surface area contributed by atoms with Crippen LogP contribution in [0.1, 0.15) is 38.2 Å². The van der Waals surface area contributed by atoms with Crippen molar-refractivity contribution >= 4 is 5.95 Å². The van der Waals surface area contributed by atoms with E-state index in [1.165, 1.54) is 18.4 Å². The molecule has 2 aromatic heterocycles. The highest BCUT2D eigenvalue weighted by atomic mass is 16.5. The minimum atomic E-state index is 0.609. The van der Waals surface area contributed by atoms with Crippen LogP contribution in [-0.2, 0) is 6.54 Å². The van der Waals surface area contributed by atoms with Crippen molar-refractivity contribution in [2.75, 3.05) is 37.7 Å². The minimum absolute atomic E-state index is 0.609. The topological polar surface area (TPSA) is 54.4 Å². The molecule has 0 N–H and O–H groups in total. The molecule has 0 spiro atoms. The van der Waals surface area contributed by atoms with Crippen LogP contribution in [0.25, 0.3) is 0 Å². The zero-order valence-electron chi connectivity index (χ0n) is 16.8. The molecule has 6 nitrogen and oxygen atoms in total. The summed E-state index contributed by atoms with van der Waals surface area (Å²) < 4.78 is 5.82. The Morgan fingerprint density at radius 1 is 1.04 bits per heavy atom. The molecule has 2 aliphatic heterocycles. The molecule has 4 rings (SSSR count). The fraction of sp³-hybridized carbons (Fsp3) is 0.591. The first kappa shape index (κ1) is 19.1. The fourth-order valence-corrected chi connectivity index (χ4v) is 4.17. The number of hydrogen-bond acceptors (Lipinski definition) is 6. The van der Waals surface area contributed by atoms with E-state index in [1.807, 2.05) is 30.6 Å². The molecule has 28 heavy (non-hydrogen) atoms. The number of likely N-dealkylation sites (tertiary alicyclic amines) is 1. The van der Waals surface area contributed by atoms with Crippen molar-refractivity contribution in [3.8, 4) is 5.88 Å². The largest absolute Gasteiger partial charge is 0.477 e. The van der Waals surface area contributed by atoms with E-state index < -0.39 is 0 Å². The molecule has 0 aliphatic carbocycles. The third kappa shape index (κ3) is 5.19. The normalized spacial score (nSPS) is 21.6. The summed E-state index contributed by atoms with van der Waals surface area (Å²) >= 11 is 0. The highest BCUT2D eigenvalue weighted by Gasteiger charge is 2.21. The zero-order valence-corrected chi connectivity index (χ0v) is 16.8. The van der Waals surface area contributed by atoms with E-state index in [2.05, 4.69) is 31.7 Å². The molecule has 0 unspecified atom stereocenters. The van der Waals surface area contributed by atoms with E-state index in [1.54, 1.807) is 6.20 Å². The molecule has 6 heteroatoms. The van der Waals surface area contributed by atoms with E-state index in [9.17, 15) is 0 Å². The van der Waals surface area contributed by atoms with Crippen molar-refractivity contribution in [3.63, 3.8) is 0 Å². The van der Waals surface area contributed by atoms with Crippen LogP contribution >= 0.6 is 0 Å². The first-order valence-corrected chi connectivity index (χ1v) is 10.6. The van der Waals surface area contributed by atoms with Gasteiger partial charge in [-0.1, -0.05) is 13.0 Å². The van der Waals surface area contributed by atoms with E-state index in [4.69, 9.17) is 4.74 Å². The van der Waals surface area contributed by atoms with Gasteiger partial charge in [-0.05, 0) is 56.7 Å². The molecule has 0 radical (unpaired) electrons. The number of hydrogen-bond donors (Lipinski definition) is 0. The first-order chi connectivity index (χ1) is 13.8. The minimum Gasteiger partial charge on any atom is -0.477 e. The number of anilines is 1. The van der Waals surface area contributed by atoms with Crippen LogP contribution in [0.15, 0.2) is 36.8 Å². The molecular weight excluding hydrogens is 350 g/mol. The Hall–Kier alpha value is -2.21. The molecule has 2 aromatic rings. The lowest BCUT2D eigenvalue weighted by molar-refractivity contribution is 0.134. The van der Waals surface area contributed by atoms with Crippen LogP contribution in [-0.4, -0.2) is 52.6 Å². The average Bonchev–Trinajstić information content (AvgIpc) is 2.75. The maximum Gasteiger partial charge on any atom is 0.225 e. The number of pyridine rings is 1. The monoisotopic (exact) mass is 381 g/mol. The fourth-order valence-electron chi connectivity index (χ4n) is 4.17. The smallest absolute Gasteiger partial charge is 0.225 e. The van der Waals surface area contributed by atoms with Crippen molar-refractivity contribution in [2.45, 2.75) is 39.2 Å². The summed E-state index contributed by atoms with van der Waals surface area (Å²) in [7, 11) is 0. The Bertz CT molecular complexity index is 715. The standard InChI is InChI=1S/C22H31N5O/c1-18-5-4-10-27(15-18)22-24-13-20(14-25-22)16-26-11-7-19(8-12-26)17-28-21-6-2-3-9-23-21/h2-3,6,9,13-14,18-19H,4-5,7-8,10-12,15-17H2,1H3/t18-/m1/s1. The molecule has 0 bridgehead atoms. The number of rotatable bonds is 6. The van der Waals surface area contributed by atoms with Gasteiger partial charge in [-0.15, -0.1) is 0 Å². The van der Waals surface area contributed by atoms with E-state index in [0.29, 0.717) is 5.92 Å². The first-order valence-electron chi connectivity index (χ1n) is 10.6. The Morgan fingerprint density at radius 2 is 1.86 bits per heavy atom. The lowest BCUT2D eigenvalue weighted by Crippen LogP contribution is -2.36. The molecule has 0 amide bonds. The SMILES string of the molecule is C[C@@H]1CCCN(c2ncc(CN3CCC(COc4ccccn4)CC3)cn2)C1. The van der Waals surface area contributed by atoms with Gasteiger partial charge in [0.25, 0.3) is 0 Å². The summed E-state index contributed by atoms with van der Waals surface area (Å²) in [5, 5.41) is 0. The Balaban J connectivity index is 1.21.